The number of hydrogen-bond acceptors (Lipinski definition) is 5. The van der Waals surface area contributed by atoms with Crippen molar-refractivity contribution < 1.29 is 8.83 Å². The van der Waals surface area contributed by atoms with Gasteiger partial charge < -0.3 is 8.83 Å². The van der Waals surface area contributed by atoms with Crippen LogP contribution in [0.5, 0.6) is 0 Å². The molecule has 2 aliphatic rings. The van der Waals surface area contributed by atoms with Crippen molar-refractivity contribution in [2.75, 3.05) is 7.05 Å². The summed E-state index contributed by atoms with van der Waals surface area (Å²) in [6, 6.07) is 4.20. The molecule has 0 radical (unpaired) electrons. The van der Waals surface area contributed by atoms with Crippen LogP contribution in [0.15, 0.2) is 21.0 Å². The van der Waals surface area contributed by atoms with Crippen LogP contribution in [0.4, 0.5) is 0 Å². The van der Waals surface area contributed by atoms with Gasteiger partial charge in [-0.1, -0.05) is 6.92 Å². The number of nitrogens with zero attached hydrogens (tertiary/aromatic N) is 3. The largest absolute Gasteiger partial charge is 0.464 e. The molecule has 2 fully saturated rings. The normalized spacial score (nSPS) is 24.7. The van der Waals surface area contributed by atoms with Gasteiger partial charge in [0.05, 0.1) is 13.1 Å². The summed E-state index contributed by atoms with van der Waals surface area (Å²) < 4.78 is 11.6. The van der Waals surface area contributed by atoms with Crippen molar-refractivity contribution in [3.63, 3.8) is 0 Å². The molecule has 2 aromatic rings. The Morgan fingerprint density at radius 2 is 2.00 bits per heavy atom. The Labute approximate surface area is 124 Å². The lowest BCUT2D eigenvalue weighted by Gasteiger charge is -2.11. The highest BCUT2D eigenvalue weighted by Crippen LogP contribution is 2.47. The maximum Gasteiger partial charge on any atom is 0.230 e. The summed E-state index contributed by atoms with van der Waals surface area (Å²) in [6.45, 7) is 3.70. The Balaban J connectivity index is 1.34. The number of furan rings is 1. The van der Waals surface area contributed by atoms with Crippen LogP contribution in [0.2, 0.25) is 0 Å². The summed E-state index contributed by atoms with van der Waals surface area (Å²) >= 11 is 0. The van der Waals surface area contributed by atoms with E-state index in [9.17, 15) is 0 Å². The van der Waals surface area contributed by atoms with Crippen LogP contribution in [0, 0.1) is 5.92 Å². The van der Waals surface area contributed by atoms with E-state index in [4.69, 9.17) is 8.83 Å². The molecule has 2 atom stereocenters. The van der Waals surface area contributed by atoms with Crippen LogP contribution in [0.25, 0.3) is 0 Å². The zero-order chi connectivity index (χ0) is 14.4. The zero-order valence-corrected chi connectivity index (χ0v) is 12.6. The quantitative estimate of drug-likeness (QED) is 0.816. The summed E-state index contributed by atoms with van der Waals surface area (Å²) in [4.78, 5) is 2.14. The first-order chi connectivity index (χ1) is 10.2. The van der Waals surface area contributed by atoms with Gasteiger partial charge in [-0.25, -0.2) is 0 Å². The van der Waals surface area contributed by atoms with Crippen molar-refractivity contribution in [2.45, 2.75) is 51.1 Å². The van der Waals surface area contributed by atoms with Gasteiger partial charge in [-0.3, -0.25) is 4.90 Å². The van der Waals surface area contributed by atoms with Gasteiger partial charge in [0.1, 0.15) is 11.5 Å². The van der Waals surface area contributed by atoms with Crippen molar-refractivity contribution in [1.82, 2.24) is 15.1 Å². The Bertz CT molecular complexity index is 629. The van der Waals surface area contributed by atoms with Crippen molar-refractivity contribution in [3.8, 4) is 0 Å². The van der Waals surface area contributed by atoms with Gasteiger partial charge in [-0.05, 0) is 44.4 Å². The fraction of sp³-hybridized carbons (Fsp3) is 0.625. The van der Waals surface area contributed by atoms with Crippen molar-refractivity contribution >= 4 is 0 Å². The fourth-order valence-electron chi connectivity index (χ4n) is 2.78. The molecule has 0 spiro atoms. The topological polar surface area (TPSA) is 55.3 Å². The molecule has 2 saturated carbocycles. The van der Waals surface area contributed by atoms with Crippen LogP contribution in [0.3, 0.4) is 0 Å². The maximum absolute atomic E-state index is 5.93. The van der Waals surface area contributed by atoms with E-state index in [0.717, 1.165) is 29.9 Å². The first-order valence-electron chi connectivity index (χ1n) is 7.78. The van der Waals surface area contributed by atoms with E-state index >= 15 is 0 Å². The minimum Gasteiger partial charge on any atom is -0.464 e. The number of hydrogen-bond donors (Lipinski definition) is 0. The Hall–Kier alpha value is -1.62. The summed E-state index contributed by atoms with van der Waals surface area (Å²) in [5.74, 6) is 5.59. The molecule has 112 valence electrons. The van der Waals surface area contributed by atoms with Crippen molar-refractivity contribution in [2.24, 2.45) is 5.92 Å². The molecule has 2 aromatic heterocycles. The fourth-order valence-corrected chi connectivity index (χ4v) is 2.78. The van der Waals surface area contributed by atoms with Gasteiger partial charge in [0.15, 0.2) is 0 Å². The Morgan fingerprint density at radius 3 is 2.71 bits per heavy atom. The molecule has 2 aliphatic carbocycles. The van der Waals surface area contributed by atoms with Gasteiger partial charge in [-0.2, -0.15) is 0 Å². The second-order valence-electron chi connectivity index (χ2n) is 6.60. The van der Waals surface area contributed by atoms with E-state index in [1.807, 2.05) is 7.05 Å². The third-order valence-electron chi connectivity index (χ3n) is 4.40. The molecule has 4 rings (SSSR count). The molecule has 21 heavy (non-hydrogen) atoms. The predicted molar refractivity (Wildman–Crippen MR) is 76.7 cm³/mol. The van der Waals surface area contributed by atoms with Gasteiger partial charge in [-0.15, -0.1) is 10.2 Å². The SMILES string of the molecule is C[C@@H]1C[C@@H]1c1ccc(CN(C)Cc2nnc(C3CC3)o2)o1. The van der Waals surface area contributed by atoms with E-state index in [2.05, 4.69) is 34.2 Å². The average molecular weight is 287 g/mol. The van der Waals surface area contributed by atoms with Crippen LogP contribution < -0.4 is 0 Å². The highest BCUT2D eigenvalue weighted by molar-refractivity contribution is 5.17. The molecule has 0 unspecified atom stereocenters. The smallest absolute Gasteiger partial charge is 0.230 e. The van der Waals surface area contributed by atoms with Crippen LogP contribution in [-0.4, -0.2) is 22.1 Å². The minimum absolute atomic E-state index is 0.518. The summed E-state index contributed by atoms with van der Waals surface area (Å²) in [6.07, 6.45) is 3.63. The molecule has 5 nitrogen and oxygen atoms in total. The van der Waals surface area contributed by atoms with Crippen LogP contribution in [-0.2, 0) is 13.1 Å². The summed E-state index contributed by atoms with van der Waals surface area (Å²) in [7, 11) is 2.04. The summed E-state index contributed by atoms with van der Waals surface area (Å²) in [5.41, 5.74) is 0. The third kappa shape index (κ3) is 2.88. The molecule has 2 heterocycles. The van der Waals surface area contributed by atoms with E-state index in [-0.39, 0.29) is 0 Å². The molecular formula is C16H21N3O2. The van der Waals surface area contributed by atoms with Crippen molar-refractivity contribution in [1.29, 1.82) is 0 Å². The monoisotopic (exact) mass is 287 g/mol. The molecule has 0 aliphatic heterocycles. The molecule has 5 heteroatoms. The van der Waals surface area contributed by atoms with Crippen LogP contribution in [0.1, 0.15) is 61.3 Å². The second kappa shape index (κ2) is 4.98. The predicted octanol–water partition coefficient (Wildman–Crippen LogP) is 3.30. The highest BCUT2D eigenvalue weighted by atomic mass is 16.4. The lowest BCUT2D eigenvalue weighted by atomic mass is 10.3. The Kier molecular flexibility index (Phi) is 3.10. The molecule has 0 aromatic carbocycles. The standard InChI is InChI=1S/C16H21N3O2/c1-10-7-13(10)14-6-5-12(20-14)8-19(2)9-15-17-18-16(21-15)11-3-4-11/h5-6,10-11,13H,3-4,7-9H2,1-2H3/t10-,13+/m1/s1. The summed E-state index contributed by atoms with van der Waals surface area (Å²) in [5, 5.41) is 8.24. The lowest BCUT2D eigenvalue weighted by Crippen LogP contribution is -2.17. The highest BCUT2D eigenvalue weighted by Gasteiger charge is 2.36. The lowest BCUT2D eigenvalue weighted by molar-refractivity contribution is 0.254. The minimum atomic E-state index is 0.518. The third-order valence-corrected chi connectivity index (χ3v) is 4.40. The van der Waals surface area contributed by atoms with E-state index in [1.165, 1.54) is 19.3 Å². The van der Waals surface area contributed by atoms with E-state index in [1.54, 1.807) is 0 Å². The van der Waals surface area contributed by atoms with Gasteiger partial charge in [0.2, 0.25) is 11.8 Å². The first-order valence-corrected chi connectivity index (χ1v) is 7.78. The molecule has 0 saturated heterocycles. The molecular weight excluding hydrogens is 266 g/mol. The van der Waals surface area contributed by atoms with Gasteiger partial charge in [0.25, 0.3) is 0 Å². The zero-order valence-electron chi connectivity index (χ0n) is 12.6. The molecule has 0 N–H and O–H groups in total. The average Bonchev–Trinajstić information content (AvgIpc) is 3.33. The van der Waals surface area contributed by atoms with Gasteiger partial charge >= 0.3 is 0 Å². The van der Waals surface area contributed by atoms with E-state index in [0.29, 0.717) is 24.3 Å². The van der Waals surface area contributed by atoms with Crippen molar-refractivity contribution in [3.05, 3.63) is 35.4 Å². The molecule has 0 amide bonds. The molecule has 0 bridgehead atoms. The first kappa shape index (κ1) is 13.1. The maximum atomic E-state index is 5.93. The second-order valence-corrected chi connectivity index (χ2v) is 6.60. The van der Waals surface area contributed by atoms with Crippen LogP contribution >= 0.6 is 0 Å². The Morgan fingerprint density at radius 1 is 1.19 bits per heavy atom. The number of aromatic nitrogens is 2. The number of rotatable bonds is 6. The van der Waals surface area contributed by atoms with Gasteiger partial charge in [0, 0.05) is 11.8 Å². The van der Waals surface area contributed by atoms with E-state index < -0.39 is 0 Å².